The van der Waals surface area contributed by atoms with Gasteiger partial charge in [0.05, 0.1) is 13.2 Å². The Bertz CT molecular complexity index is 410. The molecule has 2 heteroatoms. The summed E-state index contributed by atoms with van der Waals surface area (Å²) in [6, 6.07) is 20.3. The van der Waals surface area contributed by atoms with Crippen molar-refractivity contribution in [1.82, 2.24) is 0 Å². The molecule has 0 aliphatic heterocycles. The van der Waals surface area contributed by atoms with E-state index in [0.717, 1.165) is 6.42 Å². The molecule has 0 aliphatic carbocycles. The van der Waals surface area contributed by atoms with Gasteiger partial charge < -0.3 is 9.47 Å². The highest BCUT2D eigenvalue weighted by Gasteiger charge is 2.07. The number of hydrogen-bond acceptors (Lipinski definition) is 2. The Balaban J connectivity index is 1.77. The smallest absolute Gasteiger partial charge is 0.158 e. The molecular weight excluding hydrogens is 236 g/mol. The highest BCUT2D eigenvalue weighted by molar-refractivity contribution is 5.14. The van der Waals surface area contributed by atoms with Crippen molar-refractivity contribution in [3.63, 3.8) is 0 Å². The van der Waals surface area contributed by atoms with Crippen molar-refractivity contribution in [2.24, 2.45) is 0 Å². The van der Waals surface area contributed by atoms with Crippen LogP contribution in [0.15, 0.2) is 60.7 Å². The summed E-state index contributed by atoms with van der Waals surface area (Å²) >= 11 is 0. The Labute approximate surface area is 115 Å². The lowest BCUT2D eigenvalue weighted by molar-refractivity contribution is -0.157. The first kappa shape index (κ1) is 13.8. The van der Waals surface area contributed by atoms with Gasteiger partial charge in [-0.05, 0) is 17.5 Å². The maximum atomic E-state index is 5.78. The van der Waals surface area contributed by atoms with Crippen molar-refractivity contribution >= 4 is 0 Å². The Morgan fingerprint density at radius 3 is 1.53 bits per heavy atom. The van der Waals surface area contributed by atoms with Gasteiger partial charge in [0.1, 0.15) is 0 Å². The molecule has 19 heavy (non-hydrogen) atoms. The Hall–Kier alpha value is -1.64. The minimum Gasteiger partial charge on any atom is -0.348 e. The third-order valence-electron chi connectivity index (χ3n) is 2.89. The molecule has 2 rings (SSSR count). The fourth-order valence-corrected chi connectivity index (χ4v) is 1.81. The zero-order valence-electron chi connectivity index (χ0n) is 11.3. The van der Waals surface area contributed by atoms with Gasteiger partial charge in [-0.25, -0.2) is 0 Å². The van der Waals surface area contributed by atoms with Gasteiger partial charge in [0.15, 0.2) is 6.29 Å². The van der Waals surface area contributed by atoms with Gasteiger partial charge in [-0.1, -0.05) is 67.6 Å². The highest BCUT2D eigenvalue weighted by atomic mass is 16.7. The van der Waals surface area contributed by atoms with Gasteiger partial charge in [0.2, 0.25) is 0 Å². The van der Waals surface area contributed by atoms with Crippen LogP contribution in [0.4, 0.5) is 0 Å². The fourth-order valence-electron chi connectivity index (χ4n) is 1.81. The van der Waals surface area contributed by atoms with Crippen LogP contribution < -0.4 is 0 Å². The first-order valence-electron chi connectivity index (χ1n) is 6.69. The first-order chi connectivity index (χ1) is 9.38. The minimum absolute atomic E-state index is 0.152. The van der Waals surface area contributed by atoms with Crippen LogP contribution in [0.3, 0.4) is 0 Å². The summed E-state index contributed by atoms with van der Waals surface area (Å²) in [6.07, 6.45) is 0.694. The second kappa shape index (κ2) is 7.72. The van der Waals surface area contributed by atoms with Gasteiger partial charge in [0, 0.05) is 0 Å². The van der Waals surface area contributed by atoms with E-state index >= 15 is 0 Å². The van der Waals surface area contributed by atoms with Crippen LogP contribution in [-0.4, -0.2) is 6.29 Å². The summed E-state index contributed by atoms with van der Waals surface area (Å²) in [5.74, 6) is 0. The standard InChI is InChI=1S/C17H20O2/c1-2-17(18-13-15-9-5-3-6-10-15)19-14-16-11-7-4-8-12-16/h3-12,17H,2,13-14H2,1H3. The van der Waals surface area contributed by atoms with E-state index in [4.69, 9.17) is 9.47 Å². The number of benzene rings is 2. The quantitative estimate of drug-likeness (QED) is 0.693. The summed E-state index contributed by atoms with van der Waals surface area (Å²) in [6.45, 7) is 3.25. The predicted octanol–water partition coefficient (Wildman–Crippen LogP) is 4.16. The molecule has 0 amide bonds. The van der Waals surface area contributed by atoms with E-state index in [0.29, 0.717) is 13.2 Å². The predicted molar refractivity (Wildman–Crippen MR) is 76.5 cm³/mol. The largest absolute Gasteiger partial charge is 0.348 e. The summed E-state index contributed by atoms with van der Waals surface area (Å²) < 4.78 is 11.6. The number of hydrogen-bond donors (Lipinski definition) is 0. The molecule has 0 aliphatic rings. The second-order valence-electron chi connectivity index (χ2n) is 4.43. The van der Waals surface area contributed by atoms with E-state index in [1.807, 2.05) is 36.4 Å². The van der Waals surface area contributed by atoms with Crippen LogP contribution >= 0.6 is 0 Å². The number of rotatable bonds is 7. The van der Waals surface area contributed by atoms with Crippen molar-refractivity contribution in [2.75, 3.05) is 0 Å². The lowest BCUT2D eigenvalue weighted by Gasteiger charge is -2.17. The normalized spacial score (nSPS) is 10.8. The van der Waals surface area contributed by atoms with Gasteiger partial charge in [0.25, 0.3) is 0 Å². The molecule has 0 spiro atoms. The van der Waals surface area contributed by atoms with Gasteiger partial charge in [-0.3, -0.25) is 0 Å². The van der Waals surface area contributed by atoms with Crippen LogP contribution in [0.1, 0.15) is 24.5 Å². The molecule has 0 saturated heterocycles. The monoisotopic (exact) mass is 256 g/mol. The van der Waals surface area contributed by atoms with E-state index in [1.165, 1.54) is 11.1 Å². The van der Waals surface area contributed by atoms with E-state index in [-0.39, 0.29) is 6.29 Å². The first-order valence-corrected chi connectivity index (χ1v) is 6.69. The molecule has 0 unspecified atom stereocenters. The minimum atomic E-state index is -0.152. The molecule has 0 bridgehead atoms. The van der Waals surface area contributed by atoms with Gasteiger partial charge in [-0.2, -0.15) is 0 Å². The Morgan fingerprint density at radius 2 is 1.16 bits per heavy atom. The summed E-state index contributed by atoms with van der Waals surface area (Å²) in [7, 11) is 0. The van der Waals surface area contributed by atoms with Gasteiger partial charge >= 0.3 is 0 Å². The molecule has 0 heterocycles. The average molecular weight is 256 g/mol. The van der Waals surface area contributed by atoms with Crippen molar-refractivity contribution in [3.05, 3.63) is 71.8 Å². The maximum absolute atomic E-state index is 5.78. The molecule has 2 nitrogen and oxygen atoms in total. The van der Waals surface area contributed by atoms with E-state index in [1.54, 1.807) is 0 Å². The highest BCUT2D eigenvalue weighted by Crippen LogP contribution is 2.10. The second-order valence-corrected chi connectivity index (χ2v) is 4.43. The van der Waals surface area contributed by atoms with E-state index in [2.05, 4.69) is 31.2 Å². The van der Waals surface area contributed by atoms with Crippen molar-refractivity contribution in [1.29, 1.82) is 0 Å². The van der Waals surface area contributed by atoms with Crippen LogP contribution in [0.5, 0.6) is 0 Å². The molecule has 2 aromatic rings. The average Bonchev–Trinajstić information content (AvgIpc) is 2.49. The van der Waals surface area contributed by atoms with Crippen LogP contribution in [0.25, 0.3) is 0 Å². The molecule has 0 aromatic heterocycles. The van der Waals surface area contributed by atoms with Crippen LogP contribution in [0.2, 0.25) is 0 Å². The number of ether oxygens (including phenoxy) is 2. The van der Waals surface area contributed by atoms with E-state index < -0.39 is 0 Å². The third-order valence-corrected chi connectivity index (χ3v) is 2.89. The van der Waals surface area contributed by atoms with Crippen LogP contribution in [0, 0.1) is 0 Å². The molecule has 2 aromatic carbocycles. The summed E-state index contributed by atoms with van der Waals surface area (Å²) in [5.41, 5.74) is 2.34. The lowest BCUT2D eigenvalue weighted by Crippen LogP contribution is -2.16. The summed E-state index contributed by atoms with van der Waals surface area (Å²) in [4.78, 5) is 0. The van der Waals surface area contributed by atoms with Crippen molar-refractivity contribution < 1.29 is 9.47 Å². The van der Waals surface area contributed by atoms with Crippen molar-refractivity contribution in [3.8, 4) is 0 Å². The van der Waals surface area contributed by atoms with Gasteiger partial charge in [-0.15, -0.1) is 0 Å². The van der Waals surface area contributed by atoms with E-state index in [9.17, 15) is 0 Å². The third kappa shape index (κ3) is 4.86. The Kier molecular flexibility index (Phi) is 5.60. The molecule has 0 atom stereocenters. The molecular formula is C17H20O2. The molecule has 0 fully saturated rings. The maximum Gasteiger partial charge on any atom is 0.158 e. The molecule has 100 valence electrons. The molecule has 0 N–H and O–H groups in total. The topological polar surface area (TPSA) is 18.5 Å². The lowest BCUT2D eigenvalue weighted by atomic mass is 10.2. The molecule has 0 saturated carbocycles. The summed E-state index contributed by atoms with van der Waals surface area (Å²) in [5, 5.41) is 0. The molecule has 0 radical (unpaired) electrons. The SMILES string of the molecule is CCC(OCc1ccccc1)OCc1ccccc1. The zero-order valence-corrected chi connectivity index (χ0v) is 11.3. The van der Waals surface area contributed by atoms with Crippen LogP contribution in [-0.2, 0) is 22.7 Å². The zero-order chi connectivity index (χ0) is 13.3. The Morgan fingerprint density at radius 1 is 0.737 bits per heavy atom. The van der Waals surface area contributed by atoms with Crippen molar-refractivity contribution in [2.45, 2.75) is 32.8 Å². The fraction of sp³-hybridized carbons (Fsp3) is 0.294.